The number of quaternary nitrogens is 1. The van der Waals surface area contributed by atoms with Gasteiger partial charge in [-0.05, 0) is 20.8 Å². The Hall–Kier alpha value is -1.36. The van der Waals surface area contributed by atoms with E-state index in [0.717, 1.165) is 0 Å². The molecular weight excluding hydrogens is 268 g/mol. The van der Waals surface area contributed by atoms with Gasteiger partial charge in [-0.3, -0.25) is 0 Å². The molecule has 112 valence electrons. The number of rotatable bonds is 5. The number of carbonyl (C=O) groups excluding carboxylic acids is 1. The molecule has 8 heteroatoms. The molecule has 0 atom stereocenters. The molecule has 0 bridgehead atoms. The first-order valence-corrected chi connectivity index (χ1v) is 5.66. The van der Waals surface area contributed by atoms with E-state index in [1.165, 1.54) is 24.1 Å². The van der Waals surface area contributed by atoms with Gasteiger partial charge in [0.05, 0.1) is 26.7 Å². The van der Waals surface area contributed by atoms with Crippen LogP contribution in [0.4, 0.5) is 17.6 Å². The average molecular weight is 286 g/mol. The smallest absolute Gasteiger partial charge is 0.399 e. The first-order chi connectivity index (χ1) is 8.44. The van der Waals surface area contributed by atoms with Crippen molar-refractivity contribution in [2.24, 2.45) is 0 Å². The molecular formula is C11H18F4N2O2. The van der Waals surface area contributed by atoms with E-state index < -0.39 is 17.8 Å². The van der Waals surface area contributed by atoms with Crippen LogP contribution >= 0.6 is 0 Å². The van der Waals surface area contributed by atoms with Gasteiger partial charge >= 0.3 is 11.8 Å². The predicted octanol–water partition coefficient (Wildman–Crippen LogP) is 1.02. The molecule has 0 fully saturated rings. The summed E-state index contributed by atoms with van der Waals surface area (Å²) >= 11 is 0. The lowest BCUT2D eigenvalue weighted by Gasteiger charge is -2.30. The highest BCUT2D eigenvalue weighted by atomic mass is 19.3. The number of halogens is 4. The molecule has 0 unspecified atom stereocenters. The lowest BCUT2D eigenvalue weighted by atomic mass is 10.2. The molecule has 0 aromatic rings. The van der Waals surface area contributed by atoms with Crippen molar-refractivity contribution in [3.05, 3.63) is 0 Å². The normalized spacial score (nSPS) is 12.2. The molecule has 0 aliphatic heterocycles. The molecule has 0 N–H and O–H groups in total. The van der Waals surface area contributed by atoms with Crippen molar-refractivity contribution < 1.29 is 31.9 Å². The Labute approximate surface area is 109 Å². The van der Waals surface area contributed by atoms with E-state index in [9.17, 15) is 27.5 Å². The maximum Gasteiger partial charge on any atom is 0.399 e. The fourth-order valence-electron chi connectivity index (χ4n) is 0.869. The minimum absolute atomic E-state index is 0.141. The number of carboxylic acids is 1. The zero-order valence-electron chi connectivity index (χ0n) is 11.3. The third kappa shape index (κ3) is 5.42. The molecule has 0 rings (SSSR count). The minimum atomic E-state index is -5.44. The summed E-state index contributed by atoms with van der Waals surface area (Å²) < 4.78 is 47.9. The Morgan fingerprint density at radius 3 is 1.53 bits per heavy atom. The van der Waals surface area contributed by atoms with E-state index in [4.69, 9.17) is 5.26 Å². The second-order valence-corrected chi connectivity index (χ2v) is 4.12. The molecule has 0 aliphatic carbocycles. The Kier molecular flexibility index (Phi) is 7.65. The van der Waals surface area contributed by atoms with Gasteiger partial charge in [-0.25, -0.2) is 0 Å². The number of hydrogen-bond acceptors (Lipinski definition) is 3. The van der Waals surface area contributed by atoms with Crippen LogP contribution in [0.15, 0.2) is 0 Å². The van der Waals surface area contributed by atoms with Crippen LogP contribution in [0, 0.1) is 11.3 Å². The highest BCUT2D eigenvalue weighted by Gasteiger charge is 2.58. The van der Waals surface area contributed by atoms with E-state index >= 15 is 0 Å². The number of alkyl halides is 4. The lowest BCUT2D eigenvalue weighted by Crippen LogP contribution is -2.53. The lowest BCUT2D eigenvalue weighted by molar-refractivity contribution is -0.904. The van der Waals surface area contributed by atoms with Crippen molar-refractivity contribution in [1.82, 2.24) is 0 Å². The fourth-order valence-corrected chi connectivity index (χ4v) is 0.869. The molecule has 0 aromatic carbocycles. The topological polar surface area (TPSA) is 63.9 Å². The number of aliphatic carboxylic acids is 1. The second-order valence-electron chi connectivity index (χ2n) is 4.12. The molecule has 0 radical (unpaired) electrons. The monoisotopic (exact) mass is 286 g/mol. The first-order valence-electron chi connectivity index (χ1n) is 5.66. The summed E-state index contributed by atoms with van der Waals surface area (Å²) in [6.45, 7) is 10.5. The molecule has 19 heavy (non-hydrogen) atoms. The third-order valence-corrected chi connectivity index (χ3v) is 3.08. The summed E-state index contributed by atoms with van der Waals surface area (Å²) in [5, 5.41) is 16.7. The van der Waals surface area contributed by atoms with Crippen LogP contribution in [-0.2, 0) is 4.79 Å². The SMILES string of the molecule is CC[N+](C)(CC)CC.N#CC(F)(F)C(F)(F)C(=O)[O-]. The number of hydrogen-bond donors (Lipinski definition) is 0. The van der Waals surface area contributed by atoms with Crippen LogP contribution in [0.1, 0.15) is 20.8 Å². The van der Waals surface area contributed by atoms with Crippen LogP contribution in [0.2, 0.25) is 0 Å². The van der Waals surface area contributed by atoms with Crippen molar-refractivity contribution in [2.45, 2.75) is 32.6 Å². The molecule has 0 aromatic heterocycles. The highest BCUT2D eigenvalue weighted by molar-refractivity contribution is 5.75. The summed E-state index contributed by atoms with van der Waals surface area (Å²) in [7, 11) is 2.29. The van der Waals surface area contributed by atoms with Gasteiger partial charge < -0.3 is 14.4 Å². The van der Waals surface area contributed by atoms with Crippen molar-refractivity contribution in [3.8, 4) is 6.07 Å². The van der Waals surface area contributed by atoms with Crippen LogP contribution in [0.25, 0.3) is 0 Å². The van der Waals surface area contributed by atoms with E-state index in [-0.39, 0.29) is 6.07 Å². The Morgan fingerprint density at radius 1 is 1.16 bits per heavy atom. The first kappa shape index (κ1) is 20.0. The maximum atomic E-state index is 11.7. The Balaban J connectivity index is 0. The van der Waals surface area contributed by atoms with Gasteiger partial charge in [0.2, 0.25) is 0 Å². The minimum Gasteiger partial charge on any atom is -0.544 e. The summed E-state index contributed by atoms with van der Waals surface area (Å²) in [6, 6.07) is -0.141. The summed E-state index contributed by atoms with van der Waals surface area (Å²) in [6.07, 6.45) is 0. The average Bonchev–Trinajstić information content (AvgIpc) is 2.38. The summed E-state index contributed by atoms with van der Waals surface area (Å²) in [4.78, 5) is 9.33. The fraction of sp³-hybridized carbons (Fsp3) is 0.818. The number of carboxylic acid groups (broad SMARTS) is 1. The second kappa shape index (κ2) is 7.28. The van der Waals surface area contributed by atoms with Gasteiger partial charge in [0, 0.05) is 0 Å². The number of carbonyl (C=O) groups is 1. The summed E-state index contributed by atoms with van der Waals surface area (Å²) in [5.74, 6) is -13.9. The third-order valence-electron chi connectivity index (χ3n) is 3.08. The number of nitrogens with zero attached hydrogens (tertiary/aromatic N) is 2. The number of nitriles is 1. The van der Waals surface area contributed by atoms with Gasteiger partial charge in [0.15, 0.2) is 0 Å². The highest BCUT2D eigenvalue weighted by Crippen LogP contribution is 2.32. The van der Waals surface area contributed by atoms with Crippen LogP contribution < -0.4 is 5.11 Å². The predicted molar refractivity (Wildman–Crippen MR) is 58.3 cm³/mol. The largest absolute Gasteiger partial charge is 0.544 e. The van der Waals surface area contributed by atoms with Gasteiger partial charge in [0.25, 0.3) is 0 Å². The van der Waals surface area contributed by atoms with Gasteiger partial charge in [-0.1, -0.05) is 0 Å². The van der Waals surface area contributed by atoms with Crippen LogP contribution in [0.3, 0.4) is 0 Å². The van der Waals surface area contributed by atoms with Crippen molar-refractivity contribution in [2.75, 3.05) is 26.7 Å². The standard InChI is InChI=1S/C7H18N.C4HF4NO2/c1-5-8(4,6-2)7-3;5-3(6,1-9)4(7,8)2(10)11/h5-7H2,1-4H3;(H,10,11)/q+1;/p-1. The maximum absolute atomic E-state index is 11.7. The summed E-state index contributed by atoms with van der Waals surface area (Å²) in [5.41, 5.74) is 0. The molecule has 0 aliphatic rings. The van der Waals surface area contributed by atoms with E-state index in [0.29, 0.717) is 0 Å². The van der Waals surface area contributed by atoms with E-state index in [1.807, 2.05) is 0 Å². The Morgan fingerprint density at radius 2 is 1.47 bits per heavy atom. The van der Waals surface area contributed by atoms with E-state index in [2.05, 4.69) is 27.8 Å². The molecule has 0 amide bonds. The molecule has 0 heterocycles. The zero-order chi connectivity index (χ0) is 15.9. The van der Waals surface area contributed by atoms with Gasteiger partial charge in [-0.2, -0.15) is 22.8 Å². The Bertz CT molecular complexity index is 328. The zero-order valence-corrected chi connectivity index (χ0v) is 11.3. The quantitative estimate of drug-likeness (QED) is 0.560. The van der Waals surface area contributed by atoms with Gasteiger partial charge in [0.1, 0.15) is 12.0 Å². The molecule has 0 saturated heterocycles. The van der Waals surface area contributed by atoms with Gasteiger partial charge in [-0.15, -0.1) is 0 Å². The van der Waals surface area contributed by atoms with Crippen LogP contribution in [-0.4, -0.2) is 49.0 Å². The molecule has 0 saturated carbocycles. The van der Waals surface area contributed by atoms with Crippen molar-refractivity contribution in [3.63, 3.8) is 0 Å². The van der Waals surface area contributed by atoms with Crippen molar-refractivity contribution >= 4 is 5.97 Å². The van der Waals surface area contributed by atoms with Crippen LogP contribution in [0.5, 0.6) is 0 Å². The van der Waals surface area contributed by atoms with Crippen molar-refractivity contribution in [1.29, 1.82) is 5.26 Å². The van der Waals surface area contributed by atoms with E-state index in [1.54, 1.807) is 0 Å². The molecule has 0 spiro atoms. The molecule has 4 nitrogen and oxygen atoms in total.